The summed E-state index contributed by atoms with van der Waals surface area (Å²) in [7, 11) is 0. The van der Waals surface area contributed by atoms with Crippen LogP contribution in [0.25, 0.3) is 22.2 Å². The Bertz CT molecular complexity index is 935. The molecular weight excluding hydrogens is 324 g/mol. The minimum Gasteiger partial charge on any atom is -0.478 e. The van der Waals surface area contributed by atoms with Crippen LogP contribution in [0.4, 0.5) is 0 Å². The SMILES string of the molecule is Cc1nc2cc(-c3ccc(C(=O)O)cc3)ccc2n1CC1CCCCC1. The molecule has 4 heteroatoms. The zero-order valence-electron chi connectivity index (χ0n) is 15.1. The first-order chi connectivity index (χ1) is 12.6. The van der Waals surface area contributed by atoms with E-state index in [1.165, 1.54) is 37.6 Å². The molecule has 0 amide bonds. The number of carboxylic acids is 1. The summed E-state index contributed by atoms with van der Waals surface area (Å²) in [6.07, 6.45) is 6.74. The minimum absolute atomic E-state index is 0.308. The van der Waals surface area contributed by atoms with Gasteiger partial charge in [0.2, 0.25) is 0 Å². The van der Waals surface area contributed by atoms with Crippen LogP contribution in [0, 0.1) is 12.8 Å². The number of imidazole rings is 1. The molecule has 4 nitrogen and oxygen atoms in total. The lowest BCUT2D eigenvalue weighted by atomic mass is 9.89. The predicted octanol–water partition coefficient (Wildman–Crippen LogP) is 5.29. The van der Waals surface area contributed by atoms with E-state index in [0.29, 0.717) is 5.56 Å². The van der Waals surface area contributed by atoms with Gasteiger partial charge < -0.3 is 9.67 Å². The molecule has 0 aliphatic heterocycles. The number of benzene rings is 2. The van der Waals surface area contributed by atoms with Gasteiger partial charge in [-0.15, -0.1) is 0 Å². The molecule has 4 rings (SSSR count). The fraction of sp³-hybridized carbons (Fsp3) is 0.364. The van der Waals surface area contributed by atoms with E-state index >= 15 is 0 Å². The van der Waals surface area contributed by atoms with Gasteiger partial charge in [-0.05, 0) is 61.1 Å². The van der Waals surface area contributed by atoms with Gasteiger partial charge in [0.15, 0.2) is 0 Å². The van der Waals surface area contributed by atoms with Crippen LogP contribution >= 0.6 is 0 Å². The highest BCUT2D eigenvalue weighted by molar-refractivity contribution is 5.89. The number of rotatable bonds is 4. The van der Waals surface area contributed by atoms with E-state index < -0.39 is 5.97 Å². The average molecular weight is 348 g/mol. The van der Waals surface area contributed by atoms with Crippen LogP contribution in [0.2, 0.25) is 0 Å². The summed E-state index contributed by atoms with van der Waals surface area (Å²) < 4.78 is 2.36. The quantitative estimate of drug-likeness (QED) is 0.697. The van der Waals surface area contributed by atoms with Crippen molar-refractivity contribution < 1.29 is 9.90 Å². The maximum absolute atomic E-state index is 11.0. The van der Waals surface area contributed by atoms with Crippen molar-refractivity contribution in [1.82, 2.24) is 9.55 Å². The summed E-state index contributed by atoms with van der Waals surface area (Å²) in [5, 5.41) is 9.04. The molecular formula is C22H24N2O2. The second-order valence-corrected chi connectivity index (χ2v) is 7.36. The summed E-state index contributed by atoms with van der Waals surface area (Å²) in [5.74, 6) is 0.941. The highest BCUT2D eigenvalue weighted by Gasteiger charge is 2.17. The third kappa shape index (κ3) is 3.24. The Balaban J connectivity index is 1.64. The summed E-state index contributed by atoms with van der Waals surface area (Å²) in [6, 6.07) is 13.4. The predicted molar refractivity (Wildman–Crippen MR) is 103 cm³/mol. The van der Waals surface area contributed by atoms with E-state index in [1.54, 1.807) is 12.1 Å². The Morgan fingerprint density at radius 2 is 1.77 bits per heavy atom. The number of aromatic carboxylic acids is 1. The zero-order chi connectivity index (χ0) is 18.1. The highest BCUT2D eigenvalue weighted by Crippen LogP contribution is 2.29. The molecule has 0 spiro atoms. The standard InChI is InChI=1S/C22H24N2O2/c1-15-23-20-13-19(17-7-9-18(10-8-17)22(25)26)11-12-21(20)24(15)14-16-5-3-2-4-6-16/h7-13,16H,2-6,14H2,1H3,(H,25,26). The third-order valence-corrected chi connectivity index (χ3v) is 5.57. The fourth-order valence-corrected chi connectivity index (χ4v) is 4.09. The lowest BCUT2D eigenvalue weighted by Crippen LogP contribution is -2.14. The van der Waals surface area contributed by atoms with Crippen molar-refractivity contribution >= 4 is 17.0 Å². The molecule has 2 aromatic carbocycles. The first-order valence-corrected chi connectivity index (χ1v) is 9.42. The van der Waals surface area contributed by atoms with E-state index in [2.05, 4.69) is 29.7 Å². The zero-order valence-corrected chi connectivity index (χ0v) is 15.1. The van der Waals surface area contributed by atoms with Crippen LogP contribution in [0.3, 0.4) is 0 Å². The summed E-state index contributed by atoms with van der Waals surface area (Å²) in [4.78, 5) is 15.8. The molecule has 26 heavy (non-hydrogen) atoms. The molecule has 1 heterocycles. The van der Waals surface area contributed by atoms with Crippen molar-refractivity contribution in [3.05, 3.63) is 53.9 Å². The van der Waals surface area contributed by atoms with E-state index in [1.807, 2.05) is 12.1 Å². The first-order valence-electron chi connectivity index (χ1n) is 9.42. The molecule has 1 aliphatic rings. The van der Waals surface area contributed by atoms with Gasteiger partial charge in [0.25, 0.3) is 0 Å². The largest absolute Gasteiger partial charge is 0.478 e. The van der Waals surface area contributed by atoms with Gasteiger partial charge in [0.05, 0.1) is 16.6 Å². The second-order valence-electron chi connectivity index (χ2n) is 7.36. The van der Waals surface area contributed by atoms with E-state index in [-0.39, 0.29) is 0 Å². The lowest BCUT2D eigenvalue weighted by molar-refractivity contribution is 0.0697. The Morgan fingerprint density at radius 3 is 2.46 bits per heavy atom. The van der Waals surface area contributed by atoms with Crippen molar-refractivity contribution in [2.24, 2.45) is 5.92 Å². The first kappa shape index (κ1) is 16.8. The summed E-state index contributed by atoms with van der Waals surface area (Å²) in [5.41, 5.74) is 4.59. The molecule has 0 saturated heterocycles. The van der Waals surface area contributed by atoms with E-state index in [9.17, 15) is 4.79 Å². The fourth-order valence-electron chi connectivity index (χ4n) is 4.09. The molecule has 1 saturated carbocycles. The van der Waals surface area contributed by atoms with Crippen molar-refractivity contribution in [3.8, 4) is 11.1 Å². The molecule has 0 atom stereocenters. The third-order valence-electron chi connectivity index (χ3n) is 5.57. The van der Waals surface area contributed by atoms with Crippen LogP contribution in [-0.4, -0.2) is 20.6 Å². The Morgan fingerprint density at radius 1 is 1.08 bits per heavy atom. The molecule has 1 aromatic heterocycles. The van der Waals surface area contributed by atoms with Crippen LogP contribution in [-0.2, 0) is 6.54 Å². The van der Waals surface area contributed by atoms with Crippen molar-refractivity contribution in [3.63, 3.8) is 0 Å². The summed E-state index contributed by atoms with van der Waals surface area (Å²) >= 11 is 0. The molecule has 0 unspecified atom stereocenters. The lowest BCUT2D eigenvalue weighted by Gasteiger charge is -2.22. The van der Waals surface area contributed by atoms with Gasteiger partial charge in [-0.3, -0.25) is 0 Å². The maximum Gasteiger partial charge on any atom is 0.335 e. The average Bonchev–Trinajstić information content (AvgIpc) is 2.97. The van der Waals surface area contributed by atoms with E-state index in [4.69, 9.17) is 10.1 Å². The number of fused-ring (bicyclic) bond motifs is 1. The number of aryl methyl sites for hydroxylation is 1. The number of aromatic nitrogens is 2. The molecule has 1 aliphatic carbocycles. The monoisotopic (exact) mass is 348 g/mol. The van der Waals surface area contributed by atoms with Gasteiger partial charge >= 0.3 is 5.97 Å². The van der Waals surface area contributed by atoms with Crippen LogP contribution in [0.1, 0.15) is 48.3 Å². The van der Waals surface area contributed by atoms with Gasteiger partial charge in [-0.1, -0.05) is 37.5 Å². The molecule has 0 bridgehead atoms. The number of hydrogen-bond donors (Lipinski definition) is 1. The minimum atomic E-state index is -0.899. The van der Waals surface area contributed by atoms with Crippen molar-refractivity contribution in [1.29, 1.82) is 0 Å². The maximum atomic E-state index is 11.0. The number of nitrogens with zero attached hydrogens (tertiary/aromatic N) is 2. The number of hydrogen-bond acceptors (Lipinski definition) is 2. The van der Waals surface area contributed by atoms with Crippen LogP contribution in [0.15, 0.2) is 42.5 Å². The van der Waals surface area contributed by atoms with Gasteiger partial charge in [-0.2, -0.15) is 0 Å². The molecule has 0 radical (unpaired) electrons. The second kappa shape index (κ2) is 6.94. The van der Waals surface area contributed by atoms with E-state index in [0.717, 1.165) is 34.9 Å². The number of carbonyl (C=O) groups is 1. The summed E-state index contributed by atoms with van der Waals surface area (Å²) in [6.45, 7) is 3.15. The smallest absolute Gasteiger partial charge is 0.335 e. The van der Waals surface area contributed by atoms with Gasteiger partial charge in [0, 0.05) is 6.54 Å². The van der Waals surface area contributed by atoms with Crippen molar-refractivity contribution in [2.75, 3.05) is 0 Å². The Hall–Kier alpha value is -2.62. The Labute approximate surface area is 153 Å². The molecule has 3 aromatic rings. The normalized spacial score (nSPS) is 15.4. The Kier molecular flexibility index (Phi) is 4.49. The van der Waals surface area contributed by atoms with Gasteiger partial charge in [0.1, 0.15) is 5.82 Å². The van der Waals surface area contributed by atoms with Crippen LogP contribution in [0.5, 0.6) is 0 Å². The highest BCUT2D eigenvalue weighted by atomic mass is 16.4. The van der Waals surface area contributed by atoms with Gasteiger partial charge in [-0.25, -0.2) is 9.78 Å². The molecule has 1 N–H and O–H groups in total. The molecule has 134 valence electrons. The topological polar surface area (TPSA) is 55.1 Å². The van der Waals surface area contributed by atoms with Crippen molar-refractivity contribution in [2.45, 2.75) is 45.6 Å². The van der Waals surface area contributed by atoms with Crippen LogP contribution < -0.4 is 0 Å². The molecule has 1 fully saturated rings. The number of carboxylic acid groups (broad SMARTS) is 1.